The van der Waals surface area contributed by atoms with Crippen LogP contribution in [0, 0.1) is 0 Å². The van der Waals surface area contributed by atoms with Crippen LogP contribution in [0.5, 0.6) is 5.75 Å². The van der Waals surface area contributed by atoms with Crippen molar-refractivity contribution in [3.8, 4) is 28.3 Å². The maximum Gasteiger partial charge on any atom is 0.341 e. The Morgan fingerprint density at radius 3 is 2.59 bits per heavy atom. The molecule has 0 bridgehead atoms. The molecule has 0 radical (unpaired) electrons. The Morgan fingerprint density at radius 2 is 1.91 bits per heavy atom. The number of nitrogens with one attached hydrogen (secondary N) is 1. The number of amides is 1. The van der Waals surface area contributed by atoms with Crippen LogP contribution in [0.2, 0.25) is 5.02 Å². The van der Waals surface area contributed by atoms with Crippen molar-refractivity contribution in [2.45, 2.75) is 0 Å². The van der Waals surface area contributed by atoms with Gasteiger partial charge in [0.05, 0.1) is 7.11 Å². The van der Waals surface area contributed by atoms with Gasteiger partial charge in [0.15, 0.2) is 6.61 Å². The first kappa shape index (κ1) is 21.5. The van der Waals surface area contributed by atoms with Gasteiger partial charge < -0.3 is 19.2 Å². The monoisotopic (exact) mass is 469 g/mol. The molecule has 0 spiro atoms. The average molecular weight is 470 g/mol. The van der Waals surface area contributed by atoms with E-state index in [-0.39, 0.29) is 12.2 Å². The second kappa shape index (κ2) is 9.63. The van der Waals surface area contributed by atoms with Crippen molar-refractivity contribution in [1.29, 1.82) is 0 Å². The van der Waals surface area contributed by atoms with Gasteiger partial charge in [0.2, 0.25) is 12.3 Å². The molecule has 4 rings (SSSR count). The SMILES string of the molecule is COC(=O)c1c(-c2ccccc2Cl)csc1NC(=O)COc1ccc(-c2nnco2)cc1. The van der Waals surface area contributed by atoms with Crippen molar-refractivity contribution < 1.29 is 23.5 Å². The largest absolute Gasteiger partial charge is 0.484 e. The molecule has 2 aromatic heterocycles. The molecule has 0 saturated heterocycles. The zero-order chi connectivity index (χ0) is 22.5. The molecule has 32 heavy (non-hydrogen) atoms. The first-order chi connectivity index (χ1) is 15.6. The summed E-state index contributed by atoms with van der Waals surface area (Å²) in [5, 5.41) is 12.8. The second-order valence-electron chi connectivity index (χ2n) is 6.43. The van der Waals surface area contributed by atoms with E-state index in [4.69, 9.17) is 25.5 Å². The van der Waals surface area contributed by atoms with Crippen LogP contribution < -0.4 is 10.1 Å². The molecule has 1 amide bonds. The van der Waals surface area contributed by atoms with Crippen LogP contribution in [0.3, 0.4) is 0 Å². The molecule has 0 unspecified atom stereocenters. The topological polar surface area (TPSA) is 104 Å². The number of anilines is 1. The summed E-state index contributed by atoms with van der Waals surface area (Å²) in [4.78, 5) is 24.9. The second-order valence-corrected chi connectivity index (χ2v) is 7.72. The third-order valence-corrected chi connectivity index (χ3v) is 5.65. The fourth-order valence-electron chi connectivity index (χ4n) is 2.94. The Bertz CT molecular complexity index is 1240. The summed E-state index contributed by atoms with van der Waals surface area (Å²) in [5.41, 5.74) is 2.22. The number of carbonyl (C=O) groups excluding carboxylic acids is 2. The summed E-state index contributed by atoms with van der Waals surface area (Å²) in [6.07, 6.45) is 1.24. The quantitative estimate of drug-likeness (QED) is 0.383. The van der Waals surface area contributed by atoms with Gasteiger partial charge >= 0.3 is 5.97 Å². The van der Waals surface area contributed by atoms with E-state index < -0.39 is 11.9 Å². The number of carbonyl (C=O) groups is 2. The van der Waals surface area contributed by atoms with Crippen LogP contribution in [0.4, 0.5) is 5.00 Å². The highest BCUT2D eigenvalue weighted by atomic mass is 35.5. The number of nitrogens with zero attached hydrogens (tertiary/aromatic N) is 2. The van der Waals surface area contributed by atoms with E-state index >= 15 is 0 Å². The van der Waals surface area contributed by atoms with E-state index in [1.165, 1.54) is 24.8 Å². The summed E-state index contributed by atoms with van der Waals surface area (Å²) < 4.78 is 15.6. The van der Waals surface area contributed by atoms with E-state index in [0.717, 1.165) is 5.56 Å². The first-order valence-electron chi connectivity index (χ1n) is 9.30. The number of hydrogen-bond acceptors (Lipinski definition) is 8. The lowest BCUT2D eigenvalue weighted by molar-refractivity contribution is -0.118. The standard InChI is InChI=1S/C22H16ClN3O5S/c1-29-22(28)19-16(15-4-2-3-5-17(15)23)11-32-21(19)25-18(27)10-30-14-8-6-13(7-9-14)20-26-24-12-31-20/h2-9,11-12H,10H2,1H3,(H,25,27). The lowest BCUT2D eigenvalue weighted by Gasteiger charge is -2.09. The zero-order valence-corrected chi connectivity index (χ0v) is 18.3. The highest BCUT2D eigenvalue weighted by molar-refractivity contribution is 7.15. The highest BCUT2D eigenvalue weighted by Gasteiger charge is 2.23. The Morgan fingerprint density at radius 1 is 1.12 bits per heavy atom. The van der Waals surface area contributed by atoms with Crippen molar-refractivity contribution in [2.24, 2.45) is 0 Å². The number of thiophene rings is 1. The third-order valence-electron chi connectivity index (χ3n) is 4.43. The highest BCUT2D eigenvalue weighted by Crippen LogP contribution is 2.39. The van der Waals surface area contributed by atoms with Crippen molar-refractivity contribution in [3.05, 3.63) is 70.9 Å². The van der Waals surface area contributed by atoms with Gasteiger partial charge in [-0.3, -0.25) is 4.79 Å². The molecule has 0 atom stereocenters. The molecule has 0 fully saturated rings. The number of methoxy groups -OCH3 is 1. The van der Waals surface area contributed by atoms with Crippen molar-refractivity contribution in [1.82, 2.24) is 10.2 Å². The number of esters is 1. The molecule has 10 heteroatoms. The predicted molar refractivity (Wildman–Crippen MR) is 120 cm³/mol. The molecule has 8 nitrogen and oxygen atoms in total. The molecule has 0 aliphatic rings. The van der Waals surface area contributed by atoms with Gasteiger partial charge in [-0.1, -0.05) is 29.8 Å². The zero-order valence-electron chi connectivity index (χ0n) is 16.7. The van der Waals surface area contributed by atoms with Gasteiger partial charge in [-0.25, -0.2) is 4.79 Å². The number of benzene rings is 2. The molecule has 162 valence electrons. The van der Waals surface area contributed by atoms with Gasteiger partial charge in [0.1, 0.15) is 16.3 Å². The lowest BCUT2D eigenvalue weighted by Crippen LogP contribution is -2.21. The van der Waals surface area contributed by atoms with E-state index in [2.05, 4.69) is 15.5 Å². The summed E-state index contributed by atoms with van der Waals surface area (Å²) in [5.74, 6) is -0.131. The summed E-state index contributed by atoms with van der Waals surface area (Å²) in [6, 6.07) is 14.0. The molecule has 0 aliphatic heterocycles. The summed E-state index contributed by atoms with van der Waals surface area (Å²) >= 11 is 7.49. The number of hydrogen-bond donors (Lipinski definition) is 1. The smallest absolute Gasteiger partial charge is 0.341 e. The van der Waals surface area contributed by atoms with E-state index in [1.54, 1.807) is 47.8 Å². The first-order valence-corrected chi connectivity index (χ1v) is 10.6. The van der Waals surface area contributed by atoms with Gasteiger partial charge in [-0.15, -0.1) is 21.5 Å². The number of aromatic nitrogens is 2. The molecule has 1 N–H and O–H groups in total. The van der Waals surface area contributed by atoms with Gasteiger partial charge in [-0.05, 0) is 30.3 Å². The van der Waals surface area contributed by atoms with E-state index in [0.29, 0.717) is 32.8 Å². The Labute approximate surface area is 191 Å². The van der Waals surface area contributed by atoms with Crippen LogP contribution in [0.15, 0.2) is 64.7 Å². The maximum atomic E-state index is 12.5. The van der Waals surface area contributed by atoms with E-state index in [9.17, 15) is 9.59 Å². The fraction of sp³-hybridized carbons (Fsp3) is 0.0909. The Balaban J connectivity index is 1.46. The minimum atomic E-state index is -0.575. The van der Waals surface area contributed by atoms with E-state index in [1.807, 2.05) is 6.07 Å². The van der Waals surface area contributed by atoms with Crippen molar-refractivity contribution in [2.75, 3.05) is 19.0 Å². The minimum absolute atomic E-state index is 0.239. The Hall–Kier alpha value is -3.69. The summed E-state index contributed by atoms with van der Waals surface area (Å²) in [7, 11) is 1.28. The molecule has 0 aliphatic carbocycles. The normalized spacial score (nSPS) is 10.6. The van der Waals surface area contributed by atoms with Gasteiger partial charge in [-0.2, -0.15) is 0 Å². The summed E-state index contributed by atoms with van der Waals surface area (Å²) in [6.45, 7) is -0.250. The Kier molecular flexibility index (Phi) is 6.48. The van der Waals surface area contributed by atoms with Crippen LogP contribution in [0.25, 0.3) is 22.6 Å². The molecular formula is C22H16ClN3O5S. The molecule has 0 saturated carbocycles. The minimum Gasteiger partial charge on any atom is -0.484 e. The van der Waals surface area contributed by atoms with Crippen LogP contribution >= 0.6 is 22.9 Å². The average Bonchev–Trinajstić information content (AvgIpc) is 3.48. The molecule has 4 aromatic rings. The van der Waals surface area contributed by atoms with Crippen molar-refractivity contribution in [3.63, 3.8) is 0 Å². The number of ether oxygens (including phenoxy) is 2. The predicted octanol–water partition coefficient (Wildman–Crippen LogP) is 4.92. The maximum absolute atomic E-state index is 12.5. The van der Waals surface area contributed by atoms with Gasteiger partial charge in [0.25, 0.3) is 5.91 Å². The van der Waals surface area contributed by atoms with Gasteiger partial charge in [0, 0.05) is 27.1 Å². The molecular weight excluding hydrogens is 454 g/mol. The van der Waals surface area contributed by atoms with Crippen LogP contribution in [-0.2, 0) is 9.53 Å². The van der Waals surface area contributed by atoms with Crippen LogP contribution in [-0.4, -0.2) is 35.8 Å². The number of rotatable bonds is 7. The van der Waals surface area contributed by atoms with Crippen LogP contribution in [0.1, 0.15) is 10.4 Å². The fourth-order valence-corrected chi connectivity index (χ4v) is 4.14. The van der Waals surface area contributed by atoms with Crippen molar-refractivity contribution >= 4 is 39.8 Å². The lowest BCUT2D eigenvalue weighted by atomic mass is 10.0. The molecule has 2 heterocycles. The number of halogens is 1. The third kappa shape index (κ3) is 4.63. The molecule has 2 aromatic carbocycles.